The topological polar surface area (TPSA) is 33.7 Å². The van der Waals surface area contributed by atoms with E-state index in [4.69, 9.17) is 4.74 Å². The first kappa shape index (κ1) is 13.2. The summed E-state index contributed by atoms with van der Waals surface area (Å²) in [5, 5.41) is 2.02. The number of para-hydroxylation sites is 1. The predicted octanol–water partition coefficient (Wildman–Crippen LogP) is 1.62. The van der Waals surface area contributed by atoms with E-state index in [0.29, 0.717) is 25.3 Å². The molecule has 1 aliphatic rings. The van der Waals surface area contributed by atoms with E-state index in [2.05, 4.69) is 10.2 Å². The van der Waals surface area contributed by atoms with Gasteiger partial charge in [-0.1, -0.05) is 18.2 Å². The number of nitrogens with zero attached hydrogens (tertiary/aromatic N) is 1. The third-order valence-electron chi connectivity index (χ3n) is 2.69. The molecule has 1 aromatic rings. The van der Waals surface area contributed by atoms with Gasteiger partial charge in [-0.05, 0) is 6.07 Å². The summed E-state index contributed by atoms with van der Waals surface area (Å²) in [6.45, 7) is 0.609. The lowest BCUT2D eigenvalue weighted by atomic mass is 10.2. The van der Waals surface area contributed by atoms with Gasteiger partial charge in [-0.25, -0.2) is 5.01 Å². The normalized spacial score (nSPS) is 17.1. The number of halogens is 2. The molecule has 6 heteroatoms. The zero-order valence-electron chi connectivity index (χ0n) is 9.94. The summed E-state index contributed by atoms with van der Waals surface area (Å²) in [4.78, 5) is 0. The lowest BCUT2D eigenvalue weighted by molar-refractivity contribution is -0.0508. The fourth-order valence-electron chi connectivity index (χ4n) is 1.78. The molecule has 2 rings (SSSR count). The van der Waals surface area contributed by atoms with Gasteiger partial charge in [0, 0.05) is 25.2 Å². The highest BCUT2D eigenvalue weighted by Gasteiger charge is 2.12. The SMILES string of the molecule is FC(F)Oc1ccccc1CNN1CCOCC1. The summed E-state index contributed by atoms with van der Waals surface area (Å²) in [6.07, 6.45) is 0. The smallest absolute Gasteiger partial charge is 0.387 e. The second-order valence-electron chi connectivity index (χ2n) is 3.92. The fraction of sp³-hybridized carbons (Fsp3) is 0.500. The van der Waals surface area contributed by atoms with Crippen molar-refractivity contribution in [3.8, 4) is 5.75 Å². The molecule has 0 unspecified atom stereocenters. The average Bonchev–Trinajstić information content (AvgIpc) is 2.38. The van der Waals surface area contributed by atoms with Crippen LogP contribution in [0, 0.1) is 0 Å². The lowest BCUT2D eigenvalue weighted by Gasteiger charge is -2.27. The molecule has 0 spiro atoms. The highest BCUT2D eigenvalue weighted by atomic mass is 19.3. The number of benzene rings is 1. The minimum Gasteiger partial charge on any atom is -0.434 e. The molecule has 0 aliphatic carbocycles. The molecule has 1 fully saturated rings. The van der Waals surface area contributed by atoms with E-state index in [9.17, 15) is 8.78 Å². The summed E-state index contributed by atoms with van der Waals surface area (Å²) >= 11 is 0. The number of rotatable bonds is 5. The Labute approximate surface area is 104 Å². The van der Waals surface area contributed by atoms with E-state index in [1.807, 2.05) is 5.01 Å². The molecule has 0 amide bonds. The van der Waals surface area contributed by atoms with Crippen LogP contribution in [-0.2, 0) is 11.3 Å². The van der Waals surface area contributed by atoms with E-state index < -0.39 is 6.61 Å². The minimum atomic E-state index is -2.80. The zero-order chi connectivity index (χ0) is 12.8. The van der Waals surface area contributed by atoms with Crippen LogP contribution in [0.15, 0.2) is 24.3 Å². The Hall–Kier alpha value is -1.24. The largest absolute Gasteiger partial charge is 0.434 e. The van der Waals surface area contributed by atoms with Crippen LogP contribution in [0.1, 0.15) is 5.56 Å². The molecule has 1 N–H and O–H groups in total. The van der Waals surface area contributed by atoms with Crippen molar-refractivity contribution in [2.24, 2.45) is 0 Å². The van der Waals surface area contributed by atoms with E-state index in [1.54, 1.807) is 24.3 Å². The van der Waals surface area contributed by atoms with Gasteiger partial charge in [0.2, 0.25) is 0 Å². The Balaban J connectivity index is 1.91. The third kappa shape index (κ3) is 3.90. The summed E-state index contributed by atoms with van der Waals surface area (Å²) in [5.41, 5.74) is 3.89. The quantitative estimate of drug-likeness (QED) is 0.870. The summed E-state index contributed by atoms with van der Waals surface area (Å²) < 4.78 is 34.1. The molecule has 1 aromatic carbocycles. The Bertz CT molecular complexity index is 371. The van der Waals surface area contributed by atoms with Crippen molar-refractivity contribution in [3.05, 3.63) is 29.8 Å². The van der Waals surface area contributed by atoms with Gasteiger partial charge in [0.25, 0.3) is 0 Å². The van der Waals surface area contributed by atoms with Crippen LogP contribution < -0.4 is 10.2 Å². The number of hydrogen-bond donors (Lipinski definition) is 1. The monoisotopic (exact) mass is 258 g/mol. The first-order valence-electron chi connectivity index (χ1n) is 5.84. The van der Waals surface area contributed by atoms with Gasteiger partial charge >= 0.3 is 6.61 Å². The molecule has 0 bridgehead atoms. The number of ether oxygens (including phenoxy) is 2. The van der Waals surface area contributed by atoms with Gasteiger partial charge in [0.15, 0.2) is 0 Å². The number of hydrogen-bond acceptors (Lipinski definition) is 4. The number of nitrogens with one attached hydrogen (secondary N) is 1. The molecular formula is C12H16F2N2O2. The Morgan fingerprint density at radius 3 is 2.72 bits per heavy atom. The molecule has 0 saturated carbocycles. The Morgan fingerprint density at radius 1 is 1.28 bits per heavy atom. The minimum absolute atomic E-state index is 0.216. The van der Waals surface area contributed by atoms with Gasteiger partial charge in [0.05, 0.1) is 13.2 Å². The summed E-state index contributed by atoms with van der Waals surface area (Å²) in [5.74, 6) is 0.216. The van der Waals surface area contributed by atoms with Crippen LogP contribution >= 0.6 is 0 Å². The first-order valence-corrected chi connectivity index (χ1v) is 5.84. The molecule has 1 saturated heterocycles. The van der Waals surface area contributed by atoms with Crippen LogP contribution in [-0.4, -0.2) is 37.9 Å². The maximum Gasteiger partial charge on any atom is 0.387 e. The van der Waals surface area contributed by atoms with Crippen LogP contribution in [0.3, 0.4) is 0 Å². The van der Waals surface area contributed by atoms with Crippen molar-refractivity contribution in [3.63, 3.8) is 0 Å². The predicted molar refractivity (Wildman–Crippen MR) is 62.3 cm³/mol. The maximum atomic E-state index is 12.2. The number of alkyl halides is 2. The van der Waals surface area contributed by atoms with E-state index in [0.717, 1.165) is 13.1 Å². The average molecular weight is 258 g/mol. The Morgan fingerprint density at radius 2 is 2.00 bits per heavy atom. The van der Waals surface area contributed by atoms with Gasteiger partial charge in [-0.2, -0.15) is 8.78 Å². The molecule has 1 aliphatic heterocycles. The molecule has 0 aromatic heterocycles. The third-order valence-corrected chi connectivity index (χ3v) is 2.69. The van der Waals surface area contributed by atoms with E-state index >= 15 is 0 Å². The van der Waals surface area contributed by atoms with E-state index in [-0.39, 0.29) is 5.75 Å². The number of morpholine rings is 1. The summed E-state index contributed by atoms with van der Waals surface area (Å²) in [6, 6.07) is 6.79. The molecular weight excluding hydrogens is 242 g/mol. The second kappa shape index (κ2) is 6.63. The fourth-order valence-corrected chi connectivity index (χ4v) is 1.78. The van der Waals surface area contributed by atoms with Gasteiger partial charge < -0.3 is 9.47 Å². The van der Waals surface area contributed by atoms with Crippen LogP contribution in [0.4, 0.5) is 8.78 Å². The lowest BCUT2D eigenvalue weighted by Crippen LogP contribution is -2.45. The molecule has 1 heterocycles. The van der Waals surface area contributed by atoms with Crippen molar-refractivity contribution in [2.45, 2.75) is 13.2 Å². The molecule has 0 radical (unpaired) electrons. The maximum absolute atomic E-state index is 12.2. The molecule has 100 valence electrons. The van der Waals surface area contributed by atoms with Crippen molar-refractivity contribution in [1.29, 1.82) is 0 Å². The second-order valence-corrected chi connectivity index (χ2v) is 3.92. The van der Waals surface area contributed by atoms with Crippen LogP contribution in [0.2, 0.25) is 0 Å². The van der Waals surface area contributed by atoms with Gasteiger partial charge in [0.1, 0.15) is 5.75 Å². The number of hydrazine groups is 1. The molecule has 0 atom stereocenters. The zero-order valence-corrected chi connectivity index (χ0v) is 9.94. The van der Waals surface area contributed by atoms with Gasteiger partial charge in [-0.15, -0.1) is 0 Å². The highest BCUT2D eigenvalue weighted by Crippen LogP contribution is 2.20. The van der Waals surface area contributed by atoms with Crippen LogP contribution in [0.25, 0.3) is 0 Å². The summed E-state index contributed by atoms with van der Waals surface area (Å²) in [7, 11) is 0. The Kier molecular flexibility index (Phi) is 4.86. The van der Waals surface area contributed by atoms with Crippen molar-refractivity contribution >= 4 is 0 Å². The van der Waals surface area contributed by atoms with Crippen molar-refractivity contribution in [1.82, 2.24) is 10.4 Å². The van der Waals surface area contributed by atoms with Crippen molar-refractivity contribution in [2.75, 3.05) is 26.3 Å². The van der Waals surface area contributed by atoms with Gasteiger partial charge in [-0.3, -0.25) is 5.43 Å². The van der Waals surface area contributed by atoms with Crippen molar-refractivity contribution < 1.29 is 18.3 Å². The molecule has 4 nitrogen and oxygen atoms in total. The van der Waals surface area contributed by atoms with Crippen LogP contribution in [0.5, 0.6) is 5.75 Å². The van der Waals surface area contributed by atoms with E-state index in [1.165, 1.54) is 0 Å². The highest BCUT2D eigenvalue weighted by molar-refractivity contribution is 5.33. The standard InChI is InChI=1S/C12H16F2N2O2/c13-12(14)18-11-4-2-1-3-10(11)9-15-16-5-7-17-8-6-16/h1-4,12,15H,5-9H2. The molecule has 18 heavy (non-hydrogen) atoms. The first-order chi connectivity index (χ1) is 8.75.